The maximum Gasteiger partial charge on any atom is 0.573 e. The Hall–Kier alpha value is -3.62. The number of halogens is 3. The smallest absolute Gasteiger partial charge is 0.405 e. The van der Waals surface area contributed by atoms with Crippen LogP contribution in [0.2, 0.25) is 0 Å². The SMILES string of the molecule is CCn1cnnc1-c1cccc(NC(=O)/C=C/c2ccccc2OC(F)(F)F)c1. The summed E-state index contributed by atoms with van der Waals surface area (Å²) in [4.78, 5) is 12.2. The number of rotatable bonds is 6. The van der Waals surface area contributed by atoms with Crippen molar-refractivity contribution < 1.29 is 22.7 Å². The summed E-state index contributed by atoms with van der Waals surface area (Å²) in [6.45, 7) is 2.66. The predicted molar refractivity (Wildman–Crippen MR) is 102 cm³/mol. The van der Waals surface area contributed by atoms with Gasteiger partial charge in [0.25, 0.3) is 0 Å². The average molecular weight is 402 g/mol. The fourth-order valence-corrected chi connectivity index (χ4v) is 2.63. The molecule has 0 unspecified atom stereocenters. The third kappa shape index (κ3) is 5.44. The van der Waals surface area contributed by atoms with Crippen molar-refractivity contribution in [3.63, 3.8) is 0 Å². The molecule has 2 aromatic carbocycles. The molecule has 0 saturated heterocycles. The topological polar surface area (TPSA) is 69.0 Å². The number of aryl methyl sites for hydroxylation is 1. The first-order valence-electron chi connectivity index (χ1n) is 8.68. The summed E-state index contributed by atoms with van der Waals surface area (Å²) >= 11 is 0. The Morgan fingerprint density at radius 1 is 1.21 bits per heavy atom. The zero-order chi connectivity index (χ0) is 20.9. The quantitative estimate of drug-likeness (QED) is 0.616. The number of alkyl halides is 3. The summed E-state index contributed by atoms with van der Waals surface area (Å²) < 4.78 is 43.3. The lowest BCUT2D eigenvalue weighted by molar-refractivity contribution is -0.274. The Morgan fingerprint density at radius 2 is 2.00 bits per heavy atom. The van der Waals surface area contributed by atoms with E-state index in [1.807, 2.05) is 17.6 Å². The Bertz CT molecular complexity index is 1030. The van der Waals surface area contributed by atoms with Crippen LogP contribution in [0.5, 0.6) is 5.75 Å². The van der Waals surface area contributed by atoms with Gasteiger partial charge in [0.15, 0.2) is 5.82 Å². The molecule has 0 atom stereocenters. The largest absolute Gasteiger partial charge is 0.573 e. The van der Waals surface area contributed by atoms with Crippen molar-refractivity contribution in [2.45, 2.75) is 19.8 Å². The van der Waals surface area contributed by atoms with Crippen LogP contribution in [0.15, 0.2) is 60.9 Å². The van der Waals surface area contributed by atoms with Gasteiger partial charge in [0.1, 0.15) is 12.1 Å². The van der Waals surface area contributed by atoms with Gasteiger partial charge in [0.05, 0.1) is 0 Å². The zero-order valence-electron chi connectivity index (χ0n) is 15.3. The fraction of sp³-hybridized carbons (Fsp3) is 0.150. The standard InChI is InChI=1S/C20H17F3N4O2/c1-2-27-13-24-26-19(27)15-7-5-8-16(12-15)25-18(28)11-10-14-6-3-4-9-17(14)29-20(21,22)23/h3-13H,2H2,1H3,(H,25,28)/b11-10+. The van der Waals surface area contributed by atoms with E-state index < -0.39 is 12.3 Å². The Labute approximate surface area is 164 Å². The van der Waals surface area contributed by atoms with Crippen LogP contribution < -0.4 is 10.1 Å². The van der Waals surface area contributed by atoms with Gasteiger partial charge in [-0.1, -0.05) is 30.3 Å². The van der Waals surface area contributed by atoms with Crippen LogP contribution in [0, 0.1) is 0 Å². The van der Waals surface area contributed by atoms with Gasteiger partial charge in [0.2, 0.25) is 5.91 Å². The highest BCUT2D eigenvalue weighted by molar-refractivity contribution is 6.02. The summed E-state index contributed by atoms with van der Waals surface area (Å²) in [6.07, 6.45) is -0.802. The molecule has 0 saturated carbocycles. The molecule has 1 amide bonds. The van der Waals surface area contributed by atoms with Gasteiger partial charge in [-0.05, 0) is 31.2 Å². The molecular formula is C20H17F3N4O2. The number of nitrogens with zero attached hydrogens (tertiary/aromatic N) is 3. The second-order valence-electron chi connectivity index (χ2n) is 5.93. The van der Waals surface area contributed by atoms with Gasteiger partial charge in [-0.2, -0.15) is 0 Å². The van der Waals surface area contributed by atoms with Crippen LogP contribution in [0.3, 0.4) is 0 Å². The van der Waals surface area contributed by atoms with E-state index in [2.05, 4.69) is 20.3 Å². The van der Waals surface area contributed by atoms with Crippen LogP contribution in [-0.4, -0.2) is 27.0 Å². The third-order valence-electron chi connectivity index (χ3n) is 3.90. The highest BCUT2D eigenvalue weighted by Gasteiger charge is 2.31. The normalized spacial score (nSPS) is 11.6. The van der Waals surface area contributed by atoms with Gasteiger partial charge < -0.3 is 14.6 Å². The molecule has 0 spiro atoms. The molecule has 1 aromatic heterocycles. The highest BCUT2D eigenvalue weighted by Crippen LogP contribution is 2.27. The molecule has 0 radical (unpaired) electrons. The minimum absolute atomic E-state index is 0.129. The van der Waals surface area contributed by atoms with E-state index in [4.69, 9.17) is 0 Å². The van der Waals surface area contributed by atoms with Gasteiger partial charge in [-0.15, -0.1) is 23.4 Å². The number of carbonyl (C=O) groups is 1. The summed E-state index contributed by atoms with van der Waals surface area (Å²) in [5.41, 5.74) is 1.42. The summed E-state index contributed by atoms with van der Waals surface area (Å²) in [5, 5.41) is 10.6. The minimum atomic E-state index is -4.81. The Balaban J connectivity index is 1.73. The molecule has 0 aliphatic rings. The Morgan fingerprint density at radius 3 is 2.76 bits per heavy atom. The molecule has 0 aliphatic heterocycles. The van der Waals surface area contributed by atoms with Crippen molar-refractivity contribution in [2.24, 2.45) is 0 Å². The number of hydrogen-bond acceptors (Lipinski definition) is 4. The maximum atomic E-state index is 12.5. The molecule has 1 heterocycles. The molecule has 6 nitrogen and oxygen atoms in total. The van der Waals surface area contributed by atoms with Crippen molar-refractivity contribution in [2.75, 3.05) is 5.32 Å². The number of aromatic nitrogens is 3. The number of anilines is 1. The van der Waals surface area contributed by atoms with Gasteiger partial charge in [-0.25, -0.2) is 0 Å². The second-order valence-corrected chi connectivity index (χ2v) is 5.93. The number of hydrogen-bond donors (Lipinski definition) is 1. The van der Waals surface area contributed by atoms with E-state index in [0.717, 1.165) is 11.6 Å². The summed E-state index contributed by atoms with van der Waals surface area (Å²) in [6, 6.07) is 12.6. The van der Waals surface area contributed by atoms with Crippen LogP contribution in [0.4, 0.5) is 18.9 Å². The molecule has 1 N–H and O–H groups in total. The van der Waals surface area contributed by atoms with Crippen LogP contribution in [0.1, 0.15) is 12.5 Å². The van der Waals surface area contributed by atoms with E-state index in [-0.39, 0.29) is 11.3 Å². The number of amides is 1. The van der Waals surface area contributed by atoms with Crippen LogP contribution in [0.25, 0.3) is 17.5 Å². The van der Waals surface area contributed by atoms with E-state index in [1.54, 1.807) is 30.6 Å². The first kappa shape index (κ1) is 20.1. The van der Waals surface area contributed by atoms with Crippen molar-refractivity contribution in [3.05, 3.63) is 66.5 Å². The summed E-state index contributed by atoms with van der Waals surface area (Å²) in [5.74, 6) is -0.219. The van der Waals surface area contributed by atoms with Crippen LogP contribution >= 0.6 is 0 Å². The van der Waals surface area contributed by atoms with Gasteiger partial charge >= 0.3 is 6.36 Å². The number of para-hydroxylation sites is 1. The number of ether oxygens (including phenoxy) is 1. The number of nitrogens with one attached hydrogen (secondary N) is 1. The van der Waals surface area contributed by atoms with E-state index in [9.17, 15) is 18.0 Å². The second kappa shape index (κ2) is 8.59. The van der Waals surface area contributed by atoms with Crippen LogP contribution in [-0.2, 0) is 11.3 Å². The molecule has 150 valence electrons. The molecule has 3 aromatic rings. The van der Waals surface area contributed by atoms with E-state index >= 15 is 0 Å². The van der Waals surface area contributed by atoms with Crippen molar-refractivity contribution >= 4 is 17.7 Å². The molecule has 0 aliphatic carbocycles. The lowest BCUT2D eigenvalue weighted by atomic mass is 10.1. The average Bonchev–Trinajstić information content (AvgIpc) is 3.15. The molecule has 9 heteroatoms. The molecular weight excluding hydrogens is 385 g/mol. The summed E-state index contributed by atoms with van der Waals surface area (Å²) in [7, 11) is 0. The fourth-order valence-electron chi connectivity index (χ4n) is 2.63. The third-order valence-corrected chi connectivity index (χ3v) is 3.90. The number of benzene rings is 2. The maximum absolute atomic E-state index is 12.5. The lowest BCUT2D eigenvalue weighted by Gasteiger charge is -2.11. The van der Waals surface area contributed by atoms with Crippen molar-refractivity contribution in [1.29, 1.82) is 0 Å². The van der Waals surface area contributed by atoms with Gasteiger partial charge in [-0.3, -0.25) is 4.79 Å². The monoisotopic (exact) mass is 402 g/mol. The van der Waals surface area contributed by atoms with Gasteiger partial charge in [0, 0.05) is 29.4 Å². The van der Waals surface area contributed by atoms with E-state index in [0.29, 0.717) is 18.1 Å². The number of carbonyl (C=O) groups excluding carboxylic acids is 1. The molecule has 0 bridgehead atoms. The highest BCUT2D eigenvalue weighted by atomic mass is 19.4. The molecule has 3 rings (SSSR count). The minimum Gasteiger partial charge on any atom is -0.405 e. The first-order valence-corrected chi connectivity index (χ1v) is 8.68. The molecule has 0 fully saturated rings. The first-order chi connectivity index (χ1) is 13.9. The lowest BCUT2D eigenvalue weighted by Crippen LogP contribution is -2.17. The zero-order valence-corrected chi connectivity index (χ0v) is 15.3. The van der Waals surface area contributed by atoms with Crippen molar-refractivity contribution in [1.82, 2.24) is 14.8 Å². The molecule has 29 heavy (non-hydrogen) atoms. The predicted octanol–water partition coefficient (Wildman–Crippen LogP) is 4.52. The Kier molecular flexibility index (Phi) is 5.96. The van der Waals surface area contributed by atoms with Crippen molar-refractivity contribution in [3.8, 4) is 17.1 Å². The van der Waals surface area contributed by atoms with E-state index in [1.165, 1.54) is 24.3 Å².